The van der Waals surface area contributed by atoms with Gasteiger partial charge in [-0.05, 0) is 56.6 Å². The first-order valence-corrected chi connectivity index (χ1v) is 9.24. The average Bonchev–Trinajstić information content (AvgIpc) is 2.63. The van der Waals surface area contributed by atoms with Crippen molar-refractivity contribution in [2.75, 3.05) is 52.5 Å². The molecule has 3 rings (SSSR count). The third-order valence-electron chi connectivity index (χ3n) is 5.09. The summed E-state index contributed by atoms with van der Waals surface area (Å²) >= 11 is 0. The fraction of sp³-hybridized carbons (Fsp3) is 0.684. The van der Waals surface area contributed by atoms with Crippen molar-refractivity contribution >= 4 is 0 Å². The van der Waals surface area contributed by atoms with Crippen LogP contribution in [0.2, 0.25) is 0 Å². The molecule has 0 aromatic heterocycles. The summed E-state index contributed by atoms with van der Waals surface area (Å²) in [6, 6.07) is 6.95. The van der Waals surface area contributed by atoms with E-state index in [-0.39, 0.29) is 5.82 Å². The zero-order chi connectivity index (χ0) is 16.6. The Morgan fingerprint density at radius 2 is 1.83 bits per heavy atom. The molecule has 0 bridgehead atoms. The second-order valence-corrected chi connectivity index (χ2v) is 6.73. The van der Waals surface area contributed by atoms with Crippen LogP contribution in [-0.2, 0) is 4.74 Å². The smallest absolute Gasteiger partial charge is 0.123 e. The molecule has 0 unspecified atom stereocenters. The van der Waals surface area contributed by atoms with E-state index in [0.717, 1.165) is 38.6 Å². The molecule has 0 aliphatic carbocycles. The number of ether oxygens (including phenoxy) is 2. The van der Waals surface area contributed by atoms with Crippen molar-refractivity contribution in [3.8, 4) is 5.75 Å². The minimum atomic E-state index is -0.221. The molecule has 2 aliphatic rings. The lowest BCUT2D eigenvalue weighted by Crippen LogP contribution is -2.45. The van der Waals surface area contributed by atoms with Crippen LogP contribution in [0.3, 0.4) is 0 Å². The molecular weight excluding hydrogens is 307 g/mol. The van der Waals surface area contributed by atoms with E-state index in [2.05, 4.69) is 9.80 Å². The summed E-state index contributed by atoms with van der Waals surface area (Å²) in [5.41, 5.74) is 0. The molecular formula is C19H29FN2O2. The van der Waals surface area contributed by atoms with E-state index < -0.39 is 0 Å². The summed E-state index contributed by atoms with van der Waals surface area (Å²) in [7, 11) is 0. The van der Waals surface area contributed by atoms with Gasteiger partial charge in [0.05, 0.1) is 13.2 Å². The molecule has 24 heavy (non-hydrogen) atoms. The first-order valence-electron chi connectivity index (χ1n) is 9.24. The number of rotatable bonds is 7. The molecule has 2 aliphatic heterocycles. The minimum Gasteiger partial charge on any atom is -0.492 e. The summed E-state index contributed by atoms with van der Waals surface area (Å²) in [6.45, 7) is 7.84. The van der Waals surface area contributed by atoms with Gasteiger partial charge in [-0.3, -0.25) is 9.80 Å². The van der Waals surface area contributed by atoms with Gasteiger partial charge in [-0.2, -0.15) is 0 Å². The maximum absolute atomic E-state index is 12.9. The highest BCUT2D eigenvalue weighted by Gasteiger charge is 2.23. The predicted molar refractivity (Wildman–Crippen MR) is 93.0 cm³/mol. The summed E-state index contributed by atoms with van der Waals surface area (Å²) < 4.78 is 24.1. The number of nitrogens with zero attached hydrogens (tertiary/aromatic N) is 2. The Labute approximate surface area is 144 Å². The fourth-order valence-electron chi connectivity index (χ4n) is 3.65. The van der Waals surface area contributed by atoms with Crippen molar-refractivity contribution in [1.82, 2.24) is 9.80 Å². The SMILES string of the molecule is Fc1ccc(OCCN2CCCC[C@H]2CCN2CCOCC2)cc1. The van der Waals surface area contributed by atoms with E-state index in [1.54, 1.807) is 12.1 Å². The van der Waals surface area contributed by atoms with Crippen LogP contribution < -0.4 is 4.74 Å². The van der Waals surface area contributed by atoms with Crippen molar-refractivity contribution in [1.29, 1.82) is 0 Å². The van der Waals surface area contributed by atoms with E-state index >= 15 is 0 Å². The van der Waals surface area contributed by atoms with Crippen molar-refractivity contribution in [3.63, 3.8) is 0 Å². The zero-order valence-corrected chi connectivity index (χ0v) is 14.5. The van der Waals surface area contributed by atoms with Gasteiger partial charge in [0, 0.05) is 25.7 Å². The summed E-state index contributed by atoms with van der Waals surface area (Å²) in [5, 5.41) is 0. The van der Waals surface area contributed by atoms with Crippen LogP contribution in [0, 0.1) is 5.82 Å². The molecule has 0 amide bonds. The lowest BCUT2D eigenvalue weighted by Gasteiger charge is -2.37. The Balaban J connectivity index is 1.41. The highest BCUT2D eigenvalue weighted by atomic mass is 19.1. The Bertz CT molecular complexity index is 477. The van der Waals surface area contributed by atoms with Crippen molar-refractivity contribution in [3.05, 3.63) is 30.1 Å². The van der Waals surface area contributed by atoms with Crippen LogP contribution in [0.25, 0.3) is 0 Å². The number of halogens is 1. The van der Waals surface area contributed by atoms with Crippen LogP contribution in [0.15, 0.2) is 24.3 Å². The Kier molecular flexibility index (Phi) is 6.87. The quantitative estimate of drug-likeness (QED) is 0.764. The molecule has 134 valence electrons. The number of benzene rings is 1. The minimum absolute atomic E-state index is 0.221. The molecule has 0 N–H and O–H groups in total. The van der Waals surface area contributed by atoms with Crippen LogP contribution in [0.1, 0.15) is 25.7 Å². The molecule has 5 heteroatoms. The van der Waals surface area contributed by atoms with Gasteiger partial charge in [0.25, 0.3) is 0 Å². The first-order chi connectivity index (χ1) is 11.8. The molecule has 2 fully saturated rings. The summed E-state index contributed by atoms with van der Waals surface area (Å²) in [4.78, 5) is 5.10. The lowest BCUT2D eigenvalue weighted by molar-refractivity contribution is 0.0299. The van der Waals surface area contributed by atoms with Crippen LogP contribution >= 0.6 is 0 Å². The molecule has 1 aromatic rings. The van der Waals surface area contributed by atoms with Gasteiger partial charge in [0.2, 0.25) is 0 Å². The predicted octanol–water partition coefficient (Wildman–Crippen LogP) is 2.78. The number of morpholine rings is 1. The molecule has 1 atom stereocenters. The fourth-order valence-corrected chi connectivity index (χ4v) is 3.65. The van der Waals surface area contributed by atoms with Gasteiger partial charge >= 0.3 is 0 Å². The average molecular weight is 336 g/mol. The number of piperidine rings is 1. The Hall–Kier alpha value is -1.17. The van der Waals surface area contributed by atoms with Crippen molar-refractivity contribution in [2.24, 2.45) is 0 Å². The molecule has 2 saturated heterocycles. The highest BCUT2D eigenvalue weighted by Crippen LogP contribution is 2.20. The van der Waals surface area contributed by atoms with Gasteiger partial charge in [0.1, 0.15) is 18.2 Å². The molecule has 0 saturated carbocycles. The van der Waals surface area contributed by atoms with Gasteiger partial charge in [-0.15, -0.1) is 0 Å². The molecule has 4 nitrogen and oxygen atoms in total. The van der Waals surface area contributed by atoms with E-state index in [1.807, 2.05) is 0 Å². The van der Waals surface area contributed by atoms with Crippen molar-refractivity contribution in [2.45, 2.75) is 31.7 Å². The van der Waals surface area contributed by atoms with Gasteiger partial charge < -0.3 is 9.47 Å². The lowest BCUT2D eigenvalue weighted by atomic mass is 9.99. The number of hydrogen-bond acceptors (Lipinski definition) is 4. The normalized spacial score (nSPS) is 23.3. The molecule has 0 spiro atoms. The molecule has 1 aromatic carbocycles. The summed E-state index contributed by atoms with van der Waals surface area (Å²) in [5.74, 6) is 0.528. The third kappa shape index (κ3) is 5.43. The zero-order valence-electron chi connectivity index (χ0n) is 14.5. The van der Waals surface area contributed by atoms with Crippen LogP contribution in [0.5, 0.6) is 5.75 Å². The van der Waals surface area contributed by atoms with Crippen molar-refractivity contribution < 1.29 is 13.9 Å². The molecule has 0 radical (unpaired) electrons. The maximum atomic E-state index is 12.9. The second kappa shape index (κ2) is 9.35. The summed E-state index contributed by atoms with van der Waals surface area (Å²) in [6.07, 6.45) is 5.14. The standard InChI is InChI=1S/C19H29FN2O2/c20-17-4-6-19(7-5-17)24-16-13-22-9-2-1-3-18(22)8-10-21-11-14-23-15-12-21/h4-7,18H,1-3,8-16H2/t18-/m0/s1. The topological polar surface area (TPSA) is 24.9 Å². The third-order valence-corrected chi connectivity index (χ3v) is 5.09. The number of hydrogen-bond donors (Lipinski definition) is 0. The molecule has 2 heterocycles. The highest BCUT2D eigenvalue weighted by molar-refractivity contribution is 5.21. The van der Waals surface area contributed by atoms with Crippen LogP contribution in [-0.4, -0.2) is 68.4 Å². The Morgan fingerprint density at radius 3 is 2.62 bits per heavy atom. The largest absolute Gasteiger partial charge is 0.492 e. The van der Waals surface area contributed by atoms with E-state index in [0.29, 0.717) is 12.6 Å². The first kappa shape index (κ1) is 17.6. The van der Waals surface area contributed by atoms with Gasteiger partial charge in [-0.25, -0.2) is 4.39 Å². The Morgan fingerprint density at radius 1 is 1.04 bits per heavy atom. The van der Waals surface area contributed by atoms with Gasteiger partial charge in [0.15, 0.2) is 0 Å². The van der Waals surface area contributed by atoms with E-state index in [4.69, 9.17) is 9.47 Å². The van der Waals surface area contributed by atoms with E-state index in [1.165, 1.54) is 50.9 Å². The number of likely N-dealkylation sites (tertiary alicyclic amines) is 1. The van der Waals surface area contributed by atoms with E-state index in [9.17, 15) is 4.39 Å². The second-order valence-electron chi connectivity index (χ2n) is 6.73. The van der Waals surface area contributed by atoms with Gasteiger partial charge in [-0.1, -0.05) is 6.42 Å². The van der Waals surface area contributed by atoms with Crippen LogP contribution in [0.4, 0.5) is 4.39 Å². The maximum Gasteiger partial charge on any atom is 0.123 e. The monoisotopic (exact) mass is 336 g/mol.